The van der Waals surface area contributed by atoms with Crippen LogP contribution in [0.1, 0.15) is 34.1 Å². The number of hydrogen-bond donors (Lipinski definition) is 3. The highest BCUT2D eigenvalue weighted by atomic mass is 16.4. The Morgan fingerprint density at radius 2 is 1.73 bits per heavy atom. The minimum atomic E-state index is -0.939. The van der Waals surface area contributed by atoms with Gasteiger partial charge in [0.2, 0.25) is 5.91 Å². The zero-order valence-corrected chi connectivity index (χ0v) is 9.76. The number of carbonyl (C=O) groups is 2. The lowest BCUT2D eigenvalue weighted by molar-refractivity contribution is -0.139. The number of nitrogens with one attached hydrogen (secondary N) is 1. The number of carboxylic acid groups (broad SMARTS) is 1. The summed E-state index contributed by atoms with van der Waals surface area (Å²) < 4.78 is 0. The van der Waals surface area contributed by atoms with Gasteiger partial charge < -0.3 is 16.2 Å². The maximum absolute atomic E-state index is 11.7. The van der Waals surface area contributed by atoms with Crippen LogP contribution in [0.15, 0.2) is 0 Å². The van der Waals surface area contributed by atoms with Crippen molar-refractivity contribution in [1.82, 2.24) is 5.32 Å². The lowest BCUT2D eigenvalue weighted by Gasteiger charge is -2.30. The van der Waals surface area contributed by atoms with Crippen LogP contribution in [0.5, 0.6) is 0 Å². The van der Waals surface area contributed by atoms with E-state index >= 15 is 0 Å². The van der Waals surface area contributed by atoms with E-state index in [1.807, 2.05) is 0 Å². The van der Waals surface area contributed by atoms with Crippen LogP contribution >= 0.6 is 0 Å². The highest BCUT2D eigenvalue weighted by Gasteiger charge is 2.31. The van der Waals surface area contributed by atoms with Crippen molar-refractivity contribution >= 4 is 11.9 Å². The molecule has 0 rings (SSSR count). The predicted molar refractivity (Wildman–Crippen MR) is 57.3 cm³/mol. The molecule has 0 aromatic heterocycles. The second-order valence-electron chi connectivity index (χ2n) is 5.00. The molecular weight excluding hydrogens is 196 g/mol. The summed E-state index contributed by atoms with van der Waals surface area (Å²) in [6.07, 6.45) is -0.112. The van der Waals surface area contributed by atoms with Gasteiger partial charge in [0.25, 0.3) is 0 Å². The highest BCUT2D eigenvalue weighted by Crippen LogP contribution is 2.16. The van der Waals surface area contributed by atoms with E-state index in [4.69, 9.17) is 10.8 Å². The summed E-state index contributed by atoms with van der Waals surface area (Å²) in [5, 5.41) is 11.3. The van der Waals surface area contributed by atoms with Gasteiger partial charge in [-0.25, -0.2) is 0 Å². The van der Waals surface area contributed by atoms with E-state index in [0.29, 0.717) is 0 Å². The third-order valence-corrected chi connectivity index (χ3v) is 2.17. The molecule has 0 aliphatic rings. The zero-order chi connectivity index (χ0) is 12.3. The van der Waals surface area contributed by atoms with Crippen LogP contribution in [0.2, 0.25) is 0 Å². The molecule has 15 heavy (non-hydrogen) atoms. The Bertz CT molecular complexity index is 259. The van der Waals surface area contributed by atoms with Crippen molar-refractivity contribution in [3.8, 4) is 0 Å². The van der Waals surface area contributed by atoms with Crippen molar-refractivity contribution in [3.05, 3.63) is 0 Å². The van der Waals surface area contributed by atoms with Crippen LogP contribution in [-0.4, -0.2) is 29.1 Å². The number of carbonyl (C=O) groups excluding carboxylic acids is 1. The third-order valence-electron chi connectivity index (χ3n) is 2.17. The summed E-state index contributed by atoms with van der Waals surface area (Å²) in [5.74, 6) is -1.16. The minimum Gasteiger partial charge on any atom is -0.481 e. The minimum absolute atomic E-state index is 0.112. The molecule has 0 bridgehead atoms. The fourth-order valence-electron chi connectivity index (χ4n) is 0.991. The summed E-state index contributed by atoms with van der Waals surface area (Å²) in [6, 6.07) is 0. The van der Waals surface area contributed by atoms with E-state index < -0.39 is 16.9 Å². The molecule has 0 aromatic rings. The number of nitrogens with two attached hydrogens (primary N) is 1. The van der Waals surface area contributed by atoms with E-state index in [1.165, 1.54) is 0 Å². The lowest BCUT2D eigenvalue weighted by Crippen LogP contribution is -2.51. The molecule has 1 amide bonds. The van der Waals surface area contributed by atoms with Crippen molar-refractivity contribution in [1.29, 1.82) is 0 Å². The standard InChI is InChI=1S/C10H20N2O3/c1-9(2,6-11)8(15)12-10(3,4)5-7(13)14/h5-6,11H2,1-4H3,(H,12,15)(H,13,14). The Kier molecular flexibility index (Phi) is 4.27. The Morgan fingerprint density at radius 3 is 2.07 bits per heavy atom. The molecule has 0 aromatic carbocycles. The number of aliphatic carboxylic acids is 1. The first-order valence-electron chi connectivity index (χ1n) is 4.85. The number of hydrogen-bond acceptors (Lipinski definition) is 3. The van der Waals surface area contributed by atoms with Crippen molar-refractivity contribution in [2.45, 2.75) is 39.7 Å². The smallest absolute Gasteiger partial charge is 0.305 e. The molecule has 5 nitrogen and oxygen atoms in total. The Labute approximate surface area is 90.0 Å². The highest BCUT2D eigenvalue weighted by molar-refractivity contribution is 5.83. The van der Waals surface area contributed by atoms with Gasteiger partial charge in [-0.05, 0) is 27.7 Å². The summed E-state index contributed by atoms with van der Waals surface area (Å²) in [7, 11) is 0. The van der Waals surface area contributed by atoms with E-state index in [2.05, 4.69) is 5.32 Å². The van der Waals surface area contributed by atoms with Crippen LogP contribution in [0.25, 0.3) is 0 Å². The molecule has 0 fully saturated rings. The molecule has 0 unspecified atom stereocenters. The summed E-state index contributed by atoms with van der Waals surface area (Å²) >= 11 is 0. The molecule has 88 valence electrons. The molecular formula is C10H20N2O3. The Morgan fingerprint density at radius 1 is 1.27 bits per heavy atom. The lowest BCUT2D eigenvalue weighted by atomic mass is 9.90. The second-order valence-corrected chi connectivity index (χ2v) is 5.00. The van der Waals surface area contributed by atoms with Crippen LogP contribution < -0.4 is 11.1 Å². The average Bonchev–Trinajstić information content (AvgIpc) is 2.00. The van der Waals surface area contributed by atoms with E-state index in [9.17, 15) is 9.59 Å². The Hall–Kier alpha value is -1.10. The summed E-state index contributed by atoms with van der Waals surface area (Å²) in [6.45, 7) is 7.01. The number of rotatable bonds is 5. The van der Waals surface area contributed by atoms with Gasteiger partial charge in [0.1, 0.15) is 0 Å². The average molecular weight is 216 g/mol. The van der Waals surface area contributed by atoms with Crippen molar-refractivity contribution in [2.75, 3.05) is 6.54 Å². The molecule has 0 atom stereocenters. The van der Waals surface area contributed by atoms with Crippen molar-refractivity contribution < 1.29 is 14.7 Å². The normalized spacial score (nSPS) is 12.3. The maximum atomic E-state index is 11.7. The SMILES string of the molecule is CC(C)(CC(=O)O)NC(=O)C(C)(C)CN. The molecule has 4 N–H and O–H groups in total. The van der Waals surface area contributed by atoms with Gasteiger partial charge in [0.05, 0.1) is 11.8 Å². The molecule has 5 heteroatoms. The van der Waals surface area contributed by atoms with Crippen LogP contribution in [0, 0.1) is 5.41 Å². The van der Waals surface area contributed by atoms with Gasteiger partial charge in [0, 0.05) is 12.1 Å². The first-order chi connectivity index (χ1) is 6.60. The largest absolute Gasteiger partial charge is 0.481 e. The van der Waals surface area contributed by atoms with Gasteiger partial charge in [-0.1, -0.05) is 0 Å². The van der Waals surface area contributed by atoms with Crippen LogP contribution in [0.3, 0.4) is 0 Å². The van der Waals surface area contributed by atoms with Gasteiger partial charge in [-0.3, -0.25) is 9.59 Å². The second kappa shape index (κ2) is 4.61. The van der Waals surface area contributed by atoms with Crippen molar-refractivity contribution in [2.24, 2.45) is 11.1 Å². The predicted octanol–water partition coefficient (Wildman–Crippen LogP) is 0.341. The summed E-state index contributed by atoms with van der Waals surface area (Å²) in [5.41, 5.74) is 4.02. The van der Waals surface area contributed by atoms with Gasteiger partial charge in [0.15, 0.2) is 0 Å². The molecule has 0 radical (unpaired) electrons. The van der Waals surface area contributed by atoms with Gasteiger partial charge in [-0.2, -0.15) is 0 Å². The molecule has 0 spiro atoms. The molecule has 0 heterocycles. The molecule has 0 aliphatic heterocycles. The first-order valence-corrected chi connectivity index (χ1v) is 4.85. The summed E-state index contributed by atoms with van der Waals surface area (Å²) in [4.78, 5) is 22.2. The van der Waals surface area contributed by atoms with Crippen LogP contribution in [-0.2, 0) is 9.59 Å². The van der Waals surface area contributed by atoms with Gasteiger partial charge in [-0.15, -0.1) is 0 Å². The zero-order valence-electron chi connectivity index (χ0n) is 9.76. The third kappa shape index (κ3) is 4.78. The monoisotopic (exact) mass is 216 g/mol. The van der Waals surface area contributed by atoms with Crippen molar-refractivity contribution in [3.63, 3.8) is 0 Å². The first kappa shape index (κ1) is 13.9. The molecule has 0 saturated carbocycles. The quantitative estimate of drug-likeness (QED) is 0.618. The molecule has 0 saturated heterocycles. The maximum Gasteiger partial charge on any atom is 0.305 e. The molecule has 0 aliphatic carbocycles. The fraction of sp³-hybridized carbons (Fsp3) is 0.800. The number of amides is 1. The van der Waals surface area contributed by atoms with E-state index in [1.54, 1.807) is 27.7 Å². The number of carboxylic acids is 1. The fourth-order valence-corrected chi connectivity index (χ4v) is 0.991. The van der Waals surface area contributed by atoms with E-state index in [-0.39, 0.29) is 18.9 Å². The topological polar surface area (TPSA) is 92.4 Å². The van der Waals surface area contributed by atoms with Gasteiger partial charge >= 0.3 is 5.97 Å². The van der Waals surface area contributed by atoms with Crippen LogP contribution in [0.4, 0.5) is 0 Å². The van der Waals surface area contributed by atoms with E-state index in [0.717, 1.165) is 0 Å². The Balaban J connectivity index is 4.46.